The first-order valence-electron chi connectivity index (χ1n) is 5.75. The average molecular weight is 187 g/mol. The van der Waals surface area contributed by atoms with Crippen molar-refractivity contribution in [2.24, 2.45) is 5.73 Å². The van der Waals surface area contributed by atoms with E-state index in [1.54, 1.807) is 11.1 Å². The van der Waals surface area contributed by atoms with Crippen molar-refractivity contribution >= 4 is 0 Å². The van der Waals surface area contributed by atoms with E-state index in [0.29, 0.717) is 6.04 Å². The van der Waals surface area contributed by atoms with Crippen molar-refractivity contribution in [3.05, 3.63) is 34.4 Å². The van der Waals surface area contributed by atoms with E-state index in [1.165, 1.54) is 49.7 Å². The number of aryl methyl sites for hydroxylation is 2. The summed E-state index contributed by atoms with van der Waals surface area (Å²) in [5.41, 5.74) is 12.4. The number of nitrogens with two attached hydrogens (primary N) is 1. The first-order chi connectivity index (χ1) is 6.86. The number of benzene rings is 1. The molecule has 0 unspecified atom stereocenters. The highest BCUT2D eigenvalue weighted by molar-refractivity contribution is 5.46. The van der Waals surface area contributed by atoms with Crippen molar-refractivity contribution in [1.29, 1.82) is 0 Å². The normalized spacial score (nSPS) is 24.5. The maximum absolute atomic E-state index is 6.22. The first-order valence-corrected chi connectivity index (χ1v) is 5.75. The third-order valence-corrected chi connectivity index (χ3v) is 3.75. The Balaban J connectivity index is 2.19. The van der Waals surface area contributed by atoms with Gasteiger partial charge in [0.25, 0.3) is 0 Å². The molecule has 0 heterocycles. The fourth-order valence-corrected chi connectivity index (χ4v) is 3.08. The minimum Gasteiger partial charge on any atom is -0.324 e. The van der Waals surface area contributed by atoms with Gasteiger partial charge in [0.2, 0.25) is 0 Å². The zero-order valence-electron chi connectivity index (χ0n) is 8.55. The van der Waals surface area contributed by atoms with Crippen LogP contribution in [-0.4, -0.2) is 0 Å². The lowest BCUT2D eigenvalue weighted by atomic mass is 9.84. The van der Waals surface area contributed by atoms with Crippen LogP contribution in [0.4, 0.5) is 0 Å². The summed E-state index contributed by atoms with van der Waals surface area (Å²) < 4.78 is 0. The van der Waals surface area contributed by atoms with Crippen LogP contribution in [0, 0.1) is 0 Å². The van der Waals surface area contributed by atoms with E-state index in [0.717, 1.165) is 0 Å². The Kier molecular flexibility index (Phi) is 1.88. The van der Waals surface area contributed by atoms with E-state index in [-0.39, 0.29) is 0 Å². The van der Waals surface area contributed by atoms with E-state index in [9.17, 15) is 0 Å². The maximum atomic E-state index is 6.22. The number of rotatable bonds is 0. The predicted octanol–water partition coefficient (Wildman–Crippen LogP) is 2.51. The third kappa shape index (κ3) is 1.12. The third-order valence-electron chi connectivity index (χ3n) is 3.75. The number of fused-ring (bicyclic) bond motifs is 3. The Hall–Kier alpha value is -0.820. The quantitative estimate of drug-likeness (QED) is 0.663. The van der Waals surface area contributed by atoms with Gasteiger partial charge < -0.3 is 5.73 Å². The lowest BCUT2D eigenvalue weighted by Gasteiger charge is -2.25. The van der Waals surface area contributed by atoms with Gasteiger partial charge in [0.15, 0.2) is 0 Å². The lowest BCUT2D eigenvalue weighted by Crippen LogP contribution is -2.19. The molecule has 0 bridgehead atoms. The molecule has 0 saturated carbocycles. The van der Waals surface area contributed by atoms with Gasteiger partial charge in [-0.15, -0.1) is 0 Å². The molecular weight excluding hydrogens is 170 g/mol. The molecule has 2 aliphatic rings. The second-order valence-corrected chi connectivity index (χ2v) is 4.63. The molecule has 1 atom stereocenters. The van der Waals surface area contributed by atoms with Crippen molar-refractivity contribution in [3.8, 4) is 0 Å². The molecule has 0 spiro atoms. The minimum atomic E-state index is 0.326. The smallest absolute Gasteiger partial charge is 0.0300 e. The van der Waals surface area contributed by atoms with E-state index in [4.69, 9.17) is 5.73 Å². The molecule has 3 rings (SSSR count). The molecule has 0 amide bonds. The summed E-state index contributed by atoms with van der Waals surface area (Å²) in [5, 5.41) is 0. The Morgan fingerprint density at radius 3 is 2.71 bits per heavy atom. The van der Waals surface area contributed by atoms with Crippen LogP contribution < -0.4 is 5.73 Å². The molecule has 0 fully saturated rings. The lowest BCUT2D eigenvalue weighted by molar-refractivity contribution is 0.565. The molecule has 1 aromatic carbocycles. The summed E-state index contributed by atoms with van der Waals surface area (Å²) in [6.45, 7) is 0. The molecule has 2 aliphatic carbocycles. The summed E-state index contributed by atoms with van der Waals surface area (Å²) in [6, 6.07) is 4.98. The molecule has 74 valence electrons. The Bertz CT molecular complexity index is 368. The molecule has 2 N–H and O–H groups in total. The SMILES string of the molecule is N[C@H]1CCCc2ccc3c(c21)CCC3. The fraction of sp³-hybridized carbons (Fsp3) is 0.538. The molecule has 0 aliphatic heterocycles. The fourth-order valence-electron chi connectivity index (χ4n) is 3.08. The predicted molar refractivity (Wildman–Crippen MR) is 58.3 cm³/mol. The second kappa shape index (κ2) is 3.09. The molecule has 0 radical (unpaired) electrons. The van der Waals surface area contributed by atoms with Crippen LogP contribution in [0.25, 0.3) is 0 Å². The van der Waals surface area contributed by atoms with Gasteiger partial charge >= 0.3 is 0 Å². The summed E-state index contributed by atoms with van der Waals surface area (Å²) in [6.07, 6.45) is 7.58. The Labute approximate surface area is 85.3 Å². The Morgan fingerprint density at radius 1 is 1.00 bits per heavy atom. The zero-order chi connectivity index (χ0) is 9.54. The van der Waals surface area contributed by atoms with Crippen molar-refractivity contribution < 1.29 is 0 Å². The molecule has 0 aromatic heterocycles. The molecule has 1 heteroatoms. The van der Waals surface area contributed by atoms with Crippen LogP contribution in [0.1, 0.15) is 47.6 Å². The highest BCUT2D eigenvalue weighted by Gasteiger charge is 2.24. The molecule has 1 aromatic rings. The van der Waals surface area contributed by atoms with E-state index in [1.807, 2.05) is 0 Å². The van der Waals surface area contributed by atoms with Crippen LogP contribution in [-0.2, 0) is 19.3 Å². The van der Waals surface area contributed by atoms with Crippen LogP contribution in [0.5, 0.6) is 0 Å². The first kappa shape index (κ1) is 8.49. The summed E-state index contributed by atoms with van der Waals surface area (Å²) in [5.74, 6) is 0. The summed E-state index contributed by atoms with van der Waals surface area (Å²) >= 11 is 0. The number of hydrogen-bond acceptors (Lipinski definition) is 1. The van der Waals surface area contributed by atoms with Crippen molar-refractivity contribution in [1.82, 2.24) is 0 Å². The second-order valence-electron chi connectivity index (χ2n) is 4.63. The van der Waals surface area contributed by atoms with Gasteiger partial charge in [-0.1, -0.05) is 12.1 Å². The summed E-state index contributed by atoms with van der Waals surface area (Å²) in [4.78, 5) is 0. The molecule has 1 nitrogen and oxygen atoms in total. The Morgan fingerprint density at radius 2 is 1.79 bits per heavy atom. The van der Waals surface area contributed by atoms with Gasteiger partial charge in [-0.05, 0) is 60.8 Å². The van der Waals surface area contributed by atoms with E-state index >= 15 is 0 Å². The molecule has 14 heavy (non-hydrogen) atoms. The topological polar surface area (TPSA) is 26.0 Å². The van der Waals surface area contributed by atoms with Crippen LogP contribution in [0.2, 0.25) is 0 Å². The highest BCUT2D eigenvalue weighted by atomic mass is 14.6. The maximum Gasteiger partial charge on any atom is 0.0300 e. The molecule has 0 saturated heterocycles. The van der Waals surface area contributed by atoms with Crippen molar-refractivity contribution in [3.63, 3.8) is 0 Å². The largest absolute Gasteiger partial charge is 0.324 e. The van der Waals surface area contributed by atoms with Gasteiger partial charge in [0, 0.05) is 6.04 Å². The summed E-state index contributed by atoms with van der Waals surface area (Å²) in [7, 11) is 0. The van der Waals surface area contributed by atoms with Gasteiger partial charge in [-0.2, -0.15) is 0 Å². The van der Waals surface area contributed by atoms with Gasteiger partial charge in [0.1, 0.15) is 0 Å². The van der Waals surface area contributed by atoms with Gasteiger partial charge in [-0.3, -0.25) is 0 Å². The van der Waals surface area contributed by atoms with Crippen molar-refractivity contribution in [2.75, 3.05) is 0 Å². The highest BCUT2D eigenvalue weighted by Crippen LogP contribution is 2.36. The van der Waals surface area contributed by atoms with Crippen LogP contribution >= 0.6 is 0 Å². The molecular formula is C13H17N. The minimum absolute atomic E-state index is 0.326. The van der Waals surface area contributed by atoms with Gasteiger partial charge in [-0.25, -0.2) is 0 Å². The van der Waals surface area contributed by atoms with Crippen LogP contribution in [0.15, 0.2) is 12.1 Å². The average Bonchev–Trinajstić information content (AvgIpc) is 2.65. The van der Waals surface area contributed by atoms with Gasteiger partial charge in [0.05, 0.1) is 0 Å². The van der Waals surface area contributed by atoms with E-state index < -0.39 is 0 Å². The number of hydrogen-bond donors (Lipinski definition) is 1. The van der Waals surface area contributed by atoms with E-state index in [2.05, 4.69) is 12.1 Å². The van der Waals surface area contributed by atoms with Crippen molar-refractivity contribution in [2.45, 2.75) is 44.6 Å². The standard InChI is InChI=1S/C13H17N/c14-12-6-2-4-10-8-7-9-3-1-5-11(9)13(10)12/h7-8,12H,1-6,14H2/t12-/m0/s1. The zero-order valence-corrected chi connectivity index (χ0v) is 8.55. The monoisotopic (exact) mass is 187 g/mol. The van der Waals surface area contributed by atoms with Crippen LogP contribution in [0.3, 0.4) is 0 Å².